The Hall–Kier alpha value is -2.15. The van der Waals surface area contributed by atoms with Crippen LogP contribution in [-0.4, -0.2) is 36.3 Å². The third-order valence-corrected chi connectivity index (χ3v) is 4.29. The summed E-state index contributed by atoms with van der Waals surface area (Å²) in [7, 11) is 1.63. The van der Waals surface area contributed by atoms with Gasteiger partial charge in [-0.2, -0.15) is 0 Å². The molecule has 0 unspecified atom stereocenters. The molecular weight excluding hydrogens is 380 g/mol. The molecule has 2 amide bonds. The summed E-state index contributed by atoms with van der Waals surface area (Å²) in [6.45, 7) is 1.61. The molecule has 2 aromatic rings. The summed E-state index contributed by atoms with van der Waals surface area (Å²) in [5.41, 5.74) is 0.750. The lowest BCUT2D eigenvalue weighted by atomic mass is 10.2. The van der Waals surface area contributed by atoms with E-state index < -0.39 is 11.9 Å². The molecule has 5 nitrogen and oxygen atoms in total. The van der Waals surface area contributed by atoms with Crippen LogP contribution in [0.5, 0.6) is 0 Å². The first-order chi connectivity index (χ1) is 12.3. The van der Waals surface area contributed by atoms with Crippen LogP contribution >= 0.6 is 23.2 Å². The minimum atomic E-state index is -0.608. The second-order valence-electron chi connectivity index (χ2n) is 5.76. The van der Waals surface area contributed by atoms with E-state index in [4.69, 9.17) is 23.2 Å². The molecule has 8 heteroatoms. The summed E-state index contributed by atoms with van der Waals surface area (Å²) in [6.07, 6.45) is 0. The number of nitrogens with zero attached hydrogens (tertiary/aromatic N) is 1. The highest BCUT2D eigenvalue weighted by molar-refractivity contribution is 6.35. The predicted molar refractivity (Wildman–Crippen MR) is 102 cm³/mol. The Morgan fingerprint density at radius 3 is 2.58 bits per heavy atom. The van der Waals surface area contributed by atoms with E-state index in [2.05, 4.69) is 10.6 Å². The topological polar surface area (TPSA) is 61.4 Å². The molecule has 0 spiro atoms. The van der Waals surface area contributed by atoms with Gasteiger partial charge in [0.2, 0.25) is 11.8 Å². The van der Waals surface area contributed by atoms with Gasteiger partial charge in [0.05, 0.1) is 23.3 Å². The van der Waals surface area contributed by atoms with Gasteiger partial charge >= 0.3 is 0 Å². The number of amides is 2. The van der Waals surface area contributed by atoms with E-state index >= 15 is 0 Å². The minimum absolute atomic E-state index is 0.0472. The molecule has 0 fully saturated rings. The molecule has 0 bridgehead atoms. The third kappa shape index (κ3) is 5.69. The maximum Gasteiger partial charge on any atom is 0.241 e. The first-order valence-electron chi connectivity index (χ1n) is 7.78. The Morgan fingerprint density at radius 1 is 1.15 bits per heavy atom. The Morgan fingerprint density at radius 2 is 1.88 bits per heavy atom. The van der Waals surface area contributed by atoms with Crippen LogP contribution in [0.1, 0.15) is 6.92 Å². The molecule has 0 aromatic heterocycles. The molecule has 0 aliphatic rings. The van der Waals surface area contributed by atoms with Gasteiger partial charge in [-0.25, -0.2) is 4.39 Å². The van der Waals surface area contributed by atoms with Crippen molar-refractivity contribution in [3.8, 4) is 0 Å². The van der Waals surface area contributed by atoms with Crippen molar-refractivity contribution < 1.29 is 14.0 Å². The highest BCUT2D eigenvalue weighted by atomic mass is 35.5. The Bertz CT molecular complexity index is 817. The molecule has 0 radical (unpaired) electrons. The van der Waals surface area contributed by atoms with Gasteiger partial charge in [-0.1, -0.05) is 29.3 Å². The lowest BCUT2D eigenvalue weighted by Gasteiger charge is -2.23. The molecule has 2 rings (SSSR count). The fourth-order valence-corrected chi connectivity index (χ4v) is 2.50. The second kappa shape index (κ2) is 8.98. The van der Waals surface area contributed by atoms with Crippen molar-refractivity contribution in [3.63, 3.8) is 0 Å². The van der Waals surface area contributed by atoms with Crippen LogP contribution in [0.3, 0.4) is 0 Å². The standard InChI is InChI=1S/C18H18Cl2FN3O2/c1-11(18(26)23-16-8-12(19)6-7-15(16)20)24(2)10-17(25)22-14-5-3-4-13(21)9-14/h3-9,11H,10H2,1-2H3,(H,22,25)(H,23,26)/t11-/m0/s1. The molecule has 0 saturated carbocycles. The Balaban J connectivity index is 1.93. The van der Waals surface area contributed by atoms with Gasteiger partial charge in [0.25, 0.3) is 0 Å². The fraction of sp³-hybridized carbons (Fsp3) is 0.222. The number of carbonyl (C=O) groups is 2. The average molecular weight is 398 g/mol. The van der Waals surface area contributed by atoms with Crippen molar-refractivity contribution in [2.24, 2.45) is 0 Å². The molecule has 0 heterocycles. The van der Waals surface area contributed by atoms with E-state index in [0.29, 0.717) is 21.4 Å². The molecule has 1 atom stereocenters. The summed E-state index contributed by atoms with van der Waals surface area (Å²) in [5.74, 6) is -1.14. The van der Waals surface area contributed by atoms with Crippen molar-refractivity contribution >= 4 is 46.4 Å². The van der Waals surface area contributed by atoms with Crippen LogP contribution < -0.4 is 10.6 Å². The van der Waals surface area contributed by atoms with Crippen LogP contribution in [0.15, 0.2) is 42.5 Å². The molecular formula is C18H18Cl2FN3O2. The average Bonchev–Trinajstić information content (AvgIpc) is 2.57. The normalized spacial score (nSPS) is 11.9. The number of hydrogen-bond acceptors (Lipinski definition) is 3. The molecule has 0 aliphatic carbocycles. The molecule has 0 aliphatic heterocycles. The van der Waals surface area contributed by atoms with Gasteiger partial charge in [-0.05, 0) is 50.4 Å². The third-order valence-electron chi connectivity index (χ3n) is 3.73. The van der Waals surface area contributed by atoms with Gasteiger partial charge in [0, 0.05) is 10.7 Å². The van der Waals surface area contributed by atoms with Gasteiger partial charge in [-0.15, -0.1) is 0 Å². The van der Waals surface area contributed by atoms with Gasteiger partial charge in [-0.3, -0.25) is 14.5 Å². The van der Waals surface area contributed by atoms with E-state index in [1.807, 2.05) is 0 Å². The zero-order valence-electron chi connectivity index (χ0n) is 14.2. The lowest BCUT2D eigenvalue weighted by molar-refractivity contribution is -0.122. The molecule has 26 heavy (non-hydrogen) atoms. The van der Waals surface area contributed by atoms with E-state index in [0.717, 1.165) is 0 Å². The van der Waals surface area contributed by atoms with Crippen molar-refractivity contribution in [1.29, 1.82) is 0 Å². The van der Waals surface area contributed by atoms with Crippen LogP contribution in [0.2, 0.25) is 10.0 Å². The summed E-state index contributed by atoms with van der Waals surface area (Å²) >= 11 is 11.9. The SMILES string of the molecule is C[C@@H](C(=O)Nc1cc(Cl)ccc1Cl)N(C)CC(=O)Nc1cccc(F)c1. The number of hydrogen-bond donors (Lipinski definition) is 2. The van der Waals surface area contributed by atoms with Crippen molar-refractivity contribution in [2.75, 3.05) is 24.2 Å². The summed E-state index contributed by atoms with van der Waals surface area (Å²) in [4.78, 5) is 26.0. The predicted octanol–water partition coefficient (Wildman–Crippen LogP) is 4.03. The second-order valence-corrected chi connectivity index (χ2v) is 6.61. The molecule has 2 N–H and O–H groups in total. The van der Waals surface area contributed by atoms with E-state index in [-0.39, 0.29) is 18.4 Å². The van der Waals surface area contributed by atoms with Crippen molar-refractivity contribution in [3.05, 3.63) is 58.3 Å². The molecule has 2 aromatic carbocycles. The number of benzene rings is 2. The zero-order valence-corrected chi connectivity index (χ0v) is 15.7. The van der Waals surface area contributed by atoms with Gasteiger partial charge in [0.1, 0.15) is 5.82 Å². The van der Waals surface area contributed by atoms with Crippen LogP contribution in [0.25, 0.3) is 0 Å². The number of carbonyl (C=O) groups excluding carboxylic acids is 2. The summed E-state index contributed by atoms with van der Waals surface area (Å²) in [6, 6.07) is 9.72. The molecule has 138 valence electrons. The van der Waals surface area contributed by atoms with Gasteiger partial charge < -0.3 is 10.6 Å². The lowest BCUT2D eigenvalue weighted by Crippen LogP contribution is -2.43. The van der Waals surface area contributed by atoms with E-state index in [1.54, 1.807) is 43.1 Å². The Kier molecular flexibility index (Phi) is 6.97. The number of anilines is 2. The van der Waals surface area contributed by atoms with E-state index in [1.165, 1.54) is 18.2 Å². The zero-order chi connectivity index (χ0) is 19.3. The summed E-state index contributed by atoms with van der Waals surface area (Å²) < 4.78 is 13.1. The van der Waals surface area contributed by atoms with Crippen LogP contribution in [-0.2, 0) is 9.59 Å². The monoisotopic (exact) mass is 397 g/mol. The quantitative estimate of drug-likeness (QED) is 0.773. The van der Waals surface area contributed by atoms with E-state index in [9.17, 15) is 14.0 Å². The van der Waals surface area contributed by atoms with Crippen LogP contribution in [0.4, 0.5) is 15.8 Å². The van der Waals surface area contributed by atoms with Crippen LogP contribution in [0, 0.1) is 5.82 Å². The maximum absolute atomic E-state index is 13.1. The largest absolute Gasteiger partial charge is 0.325 e. The minimum Gasteiger partial charge on any atom is -0.325 e. The molecule has 0 saturated heterocycles. The van der Waals surface area contributed by atoms with Crippen molar-refractivity contribution in [2.45, 2.75) is 13.0 Å². The van der Waals surface area contributed by atoms with Gasteiger partial charge in [0.15, 0.2) is 0 Å². The number of likely N-dealkylation sites (N-methyl/N-ethyl adjacent to an activating group) is 1. The number of nitrogens with one attached hydrogen (secondary N) is 2. The van der Waals surface area contributed by atoms with Crippen molar-refractivity contribution in [1.82, 2.24) is 4.90 Å². The first-order valence-corrected chi connectivity index (χ1v) is 8.53. The first kappa shape index (κ1) is 20.2. The highest BCUT2D eigenvalue weighted by Gasteiger charge is 2.21. The number of rotatable bonds is 6. The number of halogens is 3. The Labute approximate surface area is 161 Å². The highest BCUT2D eigenvalue weighted by Crippen LogP contribution is 2.25. The maximum atomic E-state index is 13.1. The fourth-order valence-electron chi connectivity index (χ4n) is 2.16. The summed E-state index contributed by atoms with van der Waals surface area (Å²) in [5, 5.41) is 6.07. The smallest absolute Gasteiger partial charge is 0.241 e.